The van der Waals surface area contributed by atoms with Gasteiger partial charge >= 0.3 is 0 Å². The second-order valence-electron chi connectivity index (χ2n) is 4.27. The van der Waals surface area contributed by atoms with E-state index < -0.39 is 0 Å². The summed E-state index contributed by atoms with van der Waals surface area (Å²) >= 11 is 0. The van der Waals surface area contributed by atoms with Gasteiger partial charge in [-0.15, -0.1) is 12.4 Å². The van der Waals surface area contributed by atoms with Crippen LogP contribution in [0.4, 0.5) is 0 Å². The highest BCUT2D eigenvalue weighted by Crippen LogP contribution is 2.15. The summed E-state index contributed by atoms with van der Waals surface area (Å²) in [6.07, 6.45) is 2.60. The summed E-state index contributed by atoms with van der Waals surface area (Å²) in [5.74, 6) is 0. The molecule has 1 fully saturated rings. The summed E-state index contributed by atoms with van der Waals surface area (Å²) in [7, 11) is 3.87. The molecule has 0 aromatic carbocycles. The lowest BCUT2D eigenvalue weighted by Crippen LogP contribution is -2.28. The number of hydrogen-bond donors (Lipinski definition) is 3. The molecule has 0 aliphatic heterocycles. The van der Waals surface area contributed by atoms with Gasteiger partial charge in [-0.25, -0.2) is 0 Å². The van der Waals surface area contributed by atoms with E-state index in [0.717, 1.165) is 25.8 Å². The smallest absolute Gasteiger partial charge is 0.0691 e. The Bertz CT molecular complexity index is 131. The van der Waals surface area contributed by atoms with E-state index in [1.807, 2.05) is 19.0 Å². The highest BCUT2D eigenvalue weighted by Gasteiger charge is 2.20. The molecule has 0 radical (unpaired) electrons. The minimum Gasteiger partial charge on any atom is -0.392 e. The number of rotatable bonds is 2. The van der Waals surface area contributed by atoms with Crippen molar-refractivity contribution in [2.75, 3.05) is 20.6 Å². The van der Waals surface area contributed by atoms with Gasteiger partial charge in [0, 0.05) is 12.6 Å². The zero-order chi connectivity index (χ0) is 11.1. The molecule has 1 aliphatic carbocycles. The molecule has 0 amide bonds. The minimum absolute atomic E-state index is 0. The third-order valence-corrected chi connectivity index (χ3v) is 2.16. The normalized spacial score (nSPS) is 26.6. The first-order chi connectivity index (χ1) is 6.43. The van der Waals surface area contributed by atoms with E-state index in [-0.39, 0.29) is 30.7 Å². The fraction of sp³-hybridized carbons (Fsp3) is 1.00. The Balaban J connectivity index is 0. The largest absolute Gasteiger partial charge is 0.392 e. The number of nitrogens with zero attached hydrogens (tertiary/aromatic N) is 1. The van der Waals surface area contributed by atoms with Crippen LogP contribution in [0.25, 0.3) is 0 Å². The van der Waals surface area contributed by atoms with Crippen molar-refractivity contribution in [2.24, 2.45) is 5.73 Å². The second-order valence-corrected chi connectivity index (χ2v) is 4.27. The third-order valence-electron chi connectivity index (χ3n) is 2.16. The van der Waals surface area contributed by atoms with E-state index in [1.165, 1.54) is 0 Å². The topological polar surface area (TPSA) is 69.7 Å². The first kappa shape index (κ1) is 17.5. The van der Waals surface area contributed by atoms with E-state index in [2.05, 4.69) is 0 Å². The molecule has 4 nitrogen and oxygen atoms in total. The van der Waals surface area contributed by atoms with E-state index in [1.54, 1.807) is 6.92 Å². The van der Waals surface area contributed by atoms with Crippen LogP contribution in [0.3, 0.4) is 0 Å². The molecular formula is C10H25ClN2O2. The average molecular weight is 241 g/mol. The Morgan fingerprint density at radius 1 is 1.40 bits per heavy atom. The molecule has 0 bridgehead atoms. The first-order valence-corrected chi connectivity index (χ1v) is 5.20. The van der Waals surface area contributed by atoms with Crippen LogP contribution >= 0.6 is 12.4 Å². The van der Waals surface area contributed by atoms with Crippen molar-refractivity contribution in [3.05, 3.63) is 0 Å². The monoisotopic (exact) mass is 240 g/mol. The van der Waals surface area contributed by atoms with Gasteiger partial charge in [0.05, 0.1) is 12.2 Å². The van der Waals surface area contributed by atoms with Gasteiger partial charge in [-0.2, -0.15) is 0 Å². The lowest BCUT2D eigenvalue weighted by Gasteiger charge is -2.10. The zero-order valence-electron chi connectivity index (χ0n) is 9.89. The van der Waals surface area contributed by atoms with Gasteiger partial charge in [-0.1, -0.05) is 0 Å². The summed E-state index contributed by atoms with van der Waals surface area (Å²) in [6.45, 7) is 2.53. The lowest BCUT2D eigenvalue weighted by atomic mass is 10.2. The number of hydrogen-bond acceptors (Lipinski definition) is 4. The van der Waals surface area contributed by atoms with Gasteiger partial charge in [0.15, 0.2) is 0 Å². The van der Waals surface area contributed by atoms with Gasteiger partial charge in [0.2, 0.25) is 0 Å². The molecule has 1 saturated carbocycles. The van der Waals surface area contributed by atoms with Crippen LogP contribution in [0.1, 0.15) is 26.2 Å². The number of halogens is 1. The van der Waals surface area contributed by atoms with Crippen molar-refractivity contribution in [3.63, 3.8) is 0 Å². The van der Waals surface area contributed by atoms with Gasteiger partial charge in [-0.3, -0.25) is 0 Å². The van der Waals surface area contributed by atoms with E-state index in [0.29, 0.717) is 0 Å². The number of aliphatic hydroxyl groups excluding tert-OH is 2. The Morgan fingerprint density at radius 3 is 2.00 bits per heavy atom. The molecule has 0 saturated heterocycles. The summed E-state index contributed by atoms with van der Waals surface area (Å²) in [5, 5.41) is 17.6. The number of nitrogens with two attached hydrogens (primary N) is 1. The molecule has 0 spiro atoms. The summed E-state index contributed by atoms with van der Waals surface area (Å²) in [4.78, 5) is 1.95. The van der Waals surface area contributed by atoms with Crippen LogP contribution in [-0.2, 0) is 0 Å². The molecule has 4 N–H and O–H groups in total. The maximum atomic E-state index is 8.87. The van der Waals surface area contributed by atoms with Gasteiger partial charge < -0.3 is 20.8 Å². The van der Waals surface area contributed by atoms with Crippen LogP contribution in [-0.4, -0.2) is 54.0 Å². The standard InChI is InChI=1S/C5H11NO.C5H13NO.ClH/c6-4-2-1-3-5(4)7;1-5(7)4-6(2)3;/h4-5,7H,1-3,6H2;5,7H,4H2,1-3H3;1H/t4-,5-;;/m0../s1. The minimum atomic E-state index is -0.208. The summed E-state index contributed by atoms with van der Waals surface area (Å²) in [6, 6.07) is 0.0694. The maximum Gasteiger partial charge on any atom is 0.0691 e. The molecule has 94 valence electrons. The Labute approximate surface area is 98.9 Å². The van der Waals surface area contributed by atoms with Crippen LogP contribution in [0.5, 0.6) is 0 Å². The van der Waals surface area contributed by atoms with E-state index in [4.69, 9.17) is 15.9 Å². The van der Waals surface area contributed by atoms with Gasteiger partial charge in [-0.05, 0) is 40.3 Å². The van der Waals surface area contributed by atoms with Gasteiger partial charge in [0.25, 0.3) is 0 Å². The average Bonchev–Trinajstić information content (AvgIpc) is 2.34. The first-order valence-electron chi connectivity index (χ1n) is 5.20. The Hall–Kier alpha value is 0.130. The Morgan fingerprint density at radius 2 is 1.93 bits per heavy atom. The van der Waals surface area contributed by atoms with E-state index in [9.17, 15) is 0 Å². The predicted molar refractivity (Wildman–Crippen MR) is 65.3 cm³/mol. The SMILES string of the molecule is CC(O)CN(C)C.Cl.N[C@H]1CCC[C@@H]1O. The molecule has 15 heavy (non-hydrogen) atoms. The molecule has 1 rings (SSSR count). The number of aliphatic hydroxyl groups is 2. The zero-order valence-corrected chi connectivity index (χ0v) is 10.7. The summed E-state index contributed by atoms with van der Waals surface area (Å²) < 4.78 is 0. The second kappa shape index (κ2) is 9.36. The summed E-state index contributed by atoms with van der Waals surface area (Å²) in [5.41, 5.74) is 5.43. The molecule has 3 atom stereocenters. The highest BCUT2D eigenvalue weighted by atomic mass is 35.5. The van der Waals surface area contributed by atoms with E-state index >= 15 is 0 Å². The maximum absolute atomic E-state index is 8.87. The van der Waals surface area contributed by atoms with Crippen molar-refractivity contribution in [3.8, 4) is 0 Å². The Kier molecular flexibility index (Phi) is 10.9. The quantitative estimate of drug-likeness (QED) is 0.646. The predicted octanol–water partition coefficient (Wildman–Crippen LogP) is 0.209. The third kappa shape index (κ3) is 10.4. The van der Waals surface area contributed by atoms with Crippen LogP contribution < -0.4 is 5.73 Å². The van der Waals surface area contributed by atoms with Crippen LogP contribution in [0.2, 0.25) is 0 Å². The van der Waals surface area contributed by atoms with Crippen molar-refractivity contribution >= 4 is 12.4 Å². The van der Waals surface area contributed by atoms with Crippen LogP contribution in [0, 0.1) is 0 Å². The molecule has 1 unspecified atom stereocenters. The van der Waals surface area contributed by atoms with Crippen molar-refractivity contribution in [1.29, 1.82) is 0 Å². The molecule has 0 aromatic heterocycles. The molecule has 0 heterocycles. The molecule has 0 aromatic rings. The number of likely N-dealkylation sites (N-methyl/N-ethyl adjacent to an activating group) is 1. The molecule has 5 heteroatoms. The fourth-order valence-corrected chi connectivity index (χ4v) is 1.50. The van der Waals surface area contributed by atoms with Crippen LogP contribution in [0.15, 0.2) is 0 Å². The highest BCUT2D eigenvalue weighted by molar-refractivity contribution is 5.85. The van der Waals surface area contributed by atoms with Crippen molar-refractivity contribution in [1.82, 2.24) is 4.90 Å². The van der Waals surface area contributed by atoms with Gasteiger partial charge in [0.1, 0.15) is 0 Å². The molecule has 1 aliphatic rings. The lowest BCUT2D eigenvalue weighted by molar-refractivity contribution is 0.154. The van der Waals surface area contributed by atoms with Crippen molar-refractivity contribution in [2.45, 2.75) is 44.4 Å². The fourth-order valence-electron chi connectivity index (χ4n) is 1.50. The molecular weight excluding hydrogens is 216 g/mol. The van der Waals surface area contributed by atoms with Crippen molar-refractivity contribution < 1.29 is 10.2 Å².